The maximum Gasteiger partial charge on any atom is 0.232 e. The summed E-state index contributed by atoms with van der Waals surface area (Å²) in [5.41, 5.74) is 4.38. The second-order valence-corrected chi connectivity index (χ2v) is 8.28. The number of nitrogens with zero attached hydrogens (tertiary/aromatic N) is 2. The van der Waals surface area contributed by atoms with Crippen molar-refractivity contribution in [1.29, 1.82) is 0 Å². The Balaban J connectivity index is 1.57. The highest BCUT2D eigenvalue weighted by molar-refractivity contribution is 7.22. The molecule has 0 unspecified atom stereocenters. The van der Waals surface area contributed by atoms with Gasteiger partial charge in [0.25, 0.3) is 0 Å². The second-order valence-electron chi connectivity index (χ2n) is 7.30. The molecule has 0 aliphatic rings. The Kier molecular flexibility index (Phi) is 6.10. The van der Waals surface area contributed by atoms with Crippen LogP contribution in [0.4, 0.5) is 5.13 Å². The lowest BCUT2D eigenvalue weighted by Gasteiger charge is -2.20. The van der Waals surface area contributed by atoms with Crippen molar-refractivity contribution in [3.05, 3.63) is 89.5 Å². The van der Waals surface area contributed by atoms with E-state index < -0.39 is 0 Å². The Morgan fingerprint density at radius 1 is 1.00 bits per heavy atom. The number of hydrogen-bond donors (Lipinski definition) is 0. The molecule has 0 radical (unpaired) electrons. The van der Waals surface area contributed by atoms with Gasteiger partial charge in [0.05, 0.1) is 29.8 Å². The fraction of sp³-hybridized carbons (Fsp3) is 0.200. The van der Waals surface area contributed by atoms with E-state index in [1.54, 1.807) is 16.2 Å². The molecule has 152 valence electrons. The number of aryl methyl sites for hydroxylation is 2. The third-order valence-electron chi connectivity index (χ3n) is 4.85. The Hall–Kier alpha value is -3.18. The zero-order valence-corrected chi connectivity index (χ0v) is 18.0. The summed E-state index contributed by atoms with van der Waals surface area (Å²) in [7, 11) is 0. The van der Waals surface area contributed by atoms with Crippen molar-refractivity contribution in [2.75, 3.05) is 11.5 Å². The van der Waals surface area contributed by atoms with Crippen molar-refractivity contribution in [1.82, 2.24) is 4.98 Å². The van der Waals surface area contributed by atoms with Gasteiger partial charge < -0.3 is 4.74 Å². The van der Waals surface area contributed by atoms with Crippen LogP contribution in [0.25, 0.3) is 10.2 Å². The van der Waals surface area contributed by atoms with E-state index in [-0.39, 0.29) is 12.3 Å². The van der Waals surface area contributed by atoms with Gasteiger partial charge in [0.2, 0.25) is 5.91 Å². The smallest absolute Gasteiger partial charge is 0.232 e. The number of para-hydroxylation sites is 1. The molecule has 1 aromatic heterocycles. The molecule has 0 spiro atoms. The number of fused-ring (bicyclic) bond motifs is 1. The van der Waals surface area contributed by atoms with Crippen molar-refractivity contribution in [3.63, 3.8) is 0 Å². The predicted octanol–water partition coefficient (Wildman–Crippen LogP) is 5.92. The molecule has 4 nitrogen and oxygen atoms in total. The first-order valence-electron chi connectivity index (χ1n) is 10.00. The van der Waals surface area contributed by atoms with E-state index in [1.165, 1.54) is 11.1 Å². The fourth-order valence-electron chi connectivity index (χ4n) is 3.42. The van der Waals surface area contributed by atoms with Gasteiger partial charge in [-0.15, -0.1) is 0 Å². The minimum atomic E-state index is 0.00298. The molecule has 0 fully saturated rings. The molecule has 0 saturated heterocycles. The highest BCUT2D eigenvalue weighted by Crippen LogP contribution is 2.33. The van der Waals surface area contributed by atoms with E-state index in [0.717, 1.165) is 26.7 Å². The van der Waals surface area contributed by atoms with Gasteiger partial charge in [-0.05, 0) is 48.7 Å². The van der Waals surface area contributed by atoms with Crippen LogP contribution in [0, 0.1) is 13.8 Å². The van der Waals surface area contributed by atoms with Crippen molar-refractivity contribution in [2.45, 2.75) is 26.8 Å². The number of carbonyl (C=O) groups is 1. The first-order valence-corrected chi connectivity index (χ1v) is 10.8. The zero-order valence-electron chi connectivity index (χ0n) is 17.2. The standard InChI is InChI=1S/C25H24N2O2S/c1-18-15-19(2)24-22(16-18)26-25(30-24)27(17-20-9-5-3-6-10-20)23(28)13-14-29-21-11-7-4-8-12-21/h3-12,15-16H,13-14,17H2,1-2H3. The third-order valence-corrected chi connectivity index (χ3v) is 6.08. The lowest BCUT2D eigenvalue weighted by atomic mass is 10.1. The Morgan fingerprint density at radius 2 is 1.70 bits per heavy atom. The molecule has 0 aliphatic carbocycles. The molecule has 0 bridgehead atoms. The van der Waals surface area contributed by atoms with Crippen LogP contribution in [-0.4, -0.2) is 17.5 Å². The molecule has 0 N–H and O–H groups in total. The van der Waals surface area contributed by atoms with Crippen LogP contribution >= 0.6 is 11.3 Å². The molecular weight excluding hydrogens is 392 g/mol. The molecule has 0 saturated carbocycles. The quantitative estimate of drug-likeness (QED) is 0.376. The van der Waals surface area contributed by atoms with Gasteiger partial charge >= 0.3 is 0 Å². The molecule has 1 heterocycles. The van der Waals surface area contributed by atoms with Crippen LogP contribution < -0.4 is 9.64 Å². The molecule has 4 rings (SSSR count). The number of benzene rings is 3. The number of hydrogen-bond acceptors (Lipinski definition) is 4. The van der Waals surface area contributed by atoms with Crippen LogP contribution in [0.1, 0.15) is 23.1 Å². The van der Waals surface area contributed by atoms with Crippen LogP contribution in [0.2, 0.25) is 0 Å². The summed E-state index contributed by atoms with van der Waals surface area (Å²) in [5.74, 6) is 0.772. The van der Waals surface area contributed by atoms with E-state index in [9.17, 15) is 4.79 Å². The van der Waals surface area contributed by atoms with E-state index >= 15 is 0 Å². The van der Waals surface area contributed by atoms with Crippen molar-refractivity contribution < 1.29 is 9.53 Å². The summed E-state index contributed by atoms with van der Waals surface area (Å²) < 4.78 is 6.87. The lowest BCUT2D eigenvalue weighted by Crippen LogP contribution is -2.31. The van der Waals surface area contributed by atoms with Gasteiger partial charge in [-0.1, -0.05) is 65.9 Å². The van der Waals surface area contributed by atoms with Crippen molar-refractivity contribution in [2.24, 2.45) is 0 Å². The zero-order chi connectivity index (χ0) is 20.9. The molecule has 30 heavy (non-hydrogen) atoms. The summed E-state index contributed by atoms with van der Waals surface area (Å²) in [6, 6.07) is 23.8. The summed E-state index contributed by atoms with van der Waals surface area (Å²) in [5, 5.41) is 0.729. The first kappa shape index (κ1) is 20.1. The number of aromatic nitrogens is 1. The Labute approximate surface area is 180 Å². The lowest BCUT2D eigenvalue weighted by molar-refractivity contribution is -0.119. The van der Waals surface area contributed by atoms with Crippen LogP contribution in [0.15, 0.2) is 72.8 Å². The average Bonchev–Trinajstić information content (AvgIpc) is 3.17. The Morgan fingerprint density at radius 3 is 2.43 bits per heavy atom. The van der Waals surface area contributed by atoms with Crippen LogP contribution in [0.5, 0.6) is 5.75 Å². The van der Waals surface area contributed by atoms with Gasteiger partial charge in [0, 0.05) is 0 Å². The third kappa shape index (κ3) is 4.69. The highest BCUT2D eigenvalue weighted by atomic mass is 32.1. The molecule has 4 aromatic rings. The summed E-state index contributed by atoms with van der Waals surface area (Å²) in [6.07, 6.45) is 0.287. The number of carbonyl (C=O) groups excluding carboxylic acids is 1. The van der Waals surface area contributed by atoms with Gasteiger partial charge in [0.15, 0.2) is 5.13 Å². The van der Waals surface area contributed by atoms with Crippen LogP contribution in [0.3, 0.4) is 0 Å². The maximum absolute atomic E-state index is 13.2. The molecule has 0 atom stereocenters. The number of amides is 1. The largest absolute Gasteiger partial charge is 0.493 e. The van der Waals surface area contributed by atoms with Crippen LogP contribution in [-0.2, 0) is 11.3 Å². The fourth-order valence-corrected chi connectivity index (χ4v) is 4.45. The summed E-state index contributed by atoms with van der Waals surface area (Å²) >= 11 is 1.57. The molecular formula is C25H24N2O2S. The summed E-state index contributed by atoms with van der Waals surface area (Å²) in [6.45, 7) is 4.98. The van der Waals surface area contributed by atoms with Gasteiger partial charge in [-0.3, -0.25) is 9.69 Å². The molecule has 1 amide bonds. The van der Waals surface area contributed by atoms with E-state index in [2.05, 4.69) is 26.0 Å². The minimum absolute atomic E-state index is 0.00298. The monoisotopic (exact) mass is 416 g/mol. The second kappa shape index (κ2) is 9.09. The maximum atomic E-state index is 13.2. The topological polar surface area (TPSA) is 42.4 Å². The first-order chi connectivity index (χ1) is 14.6. The highest BCUT2D eigenvalue weighted by Gasteiger charge is 2.21. The van der Waals surface area contributed by atoms with Crippen molar-refractivity contribution >= 4 is 32.6 Å². The normalized spacial score (nSPS) is 10.9. The van der Waals surface area contributed by atoms with Gasteiger partial charge in [0.1, 0.15) is 5.75 Å². The van der Waals surface area contributed by atoms with Crippen molar-refractivity contribution in [3.8, 4) is 5.75 Å². The predicted molar refractivity (Wildman–Crippen MR) is 123 cm³/mol. The number of rotatable bonds is 7. The van der Waals surface area contributed by atoms with E-state index in [0.29, 0.717) is 13.2 Å². The molecule has 0 aliphatic heterocycles. The van der Waals surface area contributed by atoms with E-state index in [1.807, 2.05) is 60.7 Å². The van der Waals surface area contributed by atoms with Gasteiger partial charge in [-0.25, -0.2) is 4.98 Å². The Bertz CT molecular complexity index is 1140. The molecule has 5 heteroatoms. The minimum Gasteiger partial charge on any atom is -0.493 e. The van der Waals surface area contributed by atoms with E-state index in [4.69, 9.17) is 9.72 Å². The number of thiazole rings is 1. The molecule has 3 aromatic carbocycles. The number of anilines is 1. The van der Waals surface area contributed by atoms with Gasteiger partial charge in [-0.2, -0.15) is 0 Å². The SMILES string of the molecule is Cc1cc(C)c2sc(N(Cc3ccccc3)C(=O)CCOc3ccccc3)nc2c1. The average molecular weight is 417 g/mol. The number of ether oxygens (including phenoxy) is 1. The summed E-state index contributed by atoms with van der Waals surface area (Å²) in [4.78, 5) is 19.8.